The predicted molar refractivity (Wildman–Crippen MR) is 82.3 cm³/mol. The van der Waals surface area contributed by atoms with E-state index < -0.39 is 0 Å². The number of aliphatic imine (C=N–C) groups is 1. The van der Waals surface area contributed by atoms with E-state index in [-0.39, 0.29) is 5.41 Å². The van der Waals surface area contributed by atoms with Gasteiger partial charge >= 0.3 is 0 Å². The van der Waals surface area contributed by atoms with Gasteiger partial charge in [-0.15, -0.1) is 0 Å². The first-order valence-corrected chi connectivity index (χ1v) is 7.31. The number of rotatable bonds is 4. The lowest BCUT2D eigenvalue weighted by atomic mass is 9.64. The number of guanidine groups is 1. The Morgan fingerprint density at radius 2 is 2.19 bits per heavy atom. The molecule has 6 nitrogen and oxygen atoms in total. The molecule has 118 valence electrons. The van der Waals surface area contributed by atoms with Crippen LogP contribution in [0.25, 0.3) is 0 Å². The third kappa shape index (κ3) is 3.05. The maximum Gasteiger partial charge on any atom is 0.191 e. The number of aryl methyl sites for hydroxylation is 2. The van der Waals surface area contributed by atoms with Crippen molar-refractivity contribution in [3.63, 3.8) is 0 Å². The summed E-state index contributed by atoms with van der Waals surface area (Å²) in [5.41, 5.74) is 2.11. The summed E-state index contributed by atoms with van der Waals surface area (Å²) < 4.78 is 10.6. The van der Waals surface area contributed by atoms with Gasteiger partial charge in [-0.05, 0) is 20.3 Å². The molecule has 2 rings (SSSR count). The van der Waals surface area contributed by atoms with Gasteiger partial charge in [0.25, 0.3) is 0 Å². The maximum absolute atomic E-state index is 5.48. The second-order valence-corrected chi connectivity index (χ2v) is 6.21. The van der Waals surface area contributed by atoms with Crippen LogP contribution in [0, 0.1) is 19.3 Å². The van der Waals surface area contributed by atoms with E-state index in [2.05, 4.69) is 34.6 Å². The summed E-state index contributed by atoms with van der Waals surface area (Å²) in [6.45, 7) is 8.95. The summed E-state index contributed by atoms with van der Waals surface area (Å²) in [7, 11) is 3.55. The fraction of sp³-hybridized carbons (Fsp3) is 0.733. The van der Waals surface area contributed by atoms with Gasteiger partial charge in [0.05, 0.1) is 11.8 Å². The summed E-state index contributed by atoms with van der Waals surface area (Å²) in [6.07, 6.45) is 1.30. The zero-order valence-corrected chi connectivity index (χ0v) is 13.8. The molecule has 0 aromatic carbocycles. The Bertz CT molecular complexity index is 502. The molecule has 1 saturated carbocycles. The molecular formula is C15H26N4O2. The van der Waals surface area contributed by atoms with Gasteiger partial charge in [-0.1, -0.05) is 19.0 Å². The Morgan fingerprint density at radius 3 is 2.67 bits per heavy atom. The number of nitrogens with zero attached hydrogens (tertiary/aromatic N) is 2. The molecule has 1 aliphatic carbocycles. The Morgan fingerprint density at radius 1 is 1.48 bits per heavy atom. The molecular weight excluding hydrogens is 268 g/mol. The smallest absolute Gasteiger partial charge is 0.191 e. The van der Waals surface area contributed by atoms with Crippen LogP contribution in [0.2, 0.25) is 0 Å². The van der Waals surface area contributed by atoms with Crippen molar-refractivity contribution in [1.82, 2.24) is 15.8 Å². The van der Waals surface area contributed by atoms with E-state index >= 15 is 0 Å². The molecule has 2 N–H and O–H groups in total. The summed E-state index contributed by atoms with van der Waals surface area (Å²) in [5.74, 6) is 1.64. The molecule has 2 atom stereocenters. The standard InChI is InChI=1S/C15H26N4O2/c1-9-11(10(2)21-19-9)8-17-14(16-5)18-12-7-13(20-6)15(12,3)4/h12-13H,7-8H2,1-6H3,(H2,16,17,18). The van der Waals surface area contributed by atoms with Crippen molar-refractivity contribution in [1.29, 1.82) is 0 Å². The highest BCUT2D eigenvalue weighted by atomic mass is 16.5. The van der Waals surface area contributed by atoms with Gasteiger partial charge in [0.15, 0.2) is 5.96 Å². The van der Waals surface area contributed by atoms with Gasteiger partial charge in [-0.25, -0.2) is 0 Å². The zero-order chi connectivity index (χ0) is 15.6. The predicted octanol–water partition coefficient (Wildman–Crippen LogP) is 1.77. The van der Waals surface area contributed by atoms with Gasteiger partial charge in [-0.3, -0.25) is 4.99 Å². The van der Waals surface area contributed by atoms with Crippen molar-refractivity contribution in [2.45, 2.75) is 52.8 Å². The molecule has 0 aliphatic heterocycles. The van der Waals surface area contributed by atoms with Crippen molar-refractivity contribution in [3.8, 4) is 0 Å². The lowest BCUT2D eigenvalue weighted by Crippen LogP contribution is -2.63. The number of nitrogens with one attached hydrogen (secondary N) is 2. The summed E-state index contributed by atoms with van der Waals surface area (Å²) >= 11 is 0. The fourth-order valence-corrected chi connectivity index (χ4v) is 2.82. The molecule has 0 amide bonds. The summed E-state index contributed by atoms with van der Waals surface area (Å²) in [6, 6.07) is 0.360. The Kier molecular flexibility index (Phi) is 4.56. The second-order valence-electron chi connectivity index (χ2n) is 6.21. The van der Waals surface area contributed by atoms with Crippen LogP contribution >= 0.6 is 0 Å². The van der Waals surface area contributed by atoms with E-state index in [4.69, 9.17) is 9.26 Å². The lowest BCUT2D eigenvalue weighted by Gasteiger charge is -2.51. The normalized spacial score (nSPS) is 24.6. The Balaban J connectivity index is 1.91. The van der Waals surface area contributed by atoms with Crippen LogP contribution in [0.1, 0.15) is 37.3 Å². The topological polar surface area (TPSA) is 71.7 Å². The van der Waals surface area contributed by atoms with E-state index in [0.717, 1.165) is 29.4 Å². The third-order valence-electron chi connectivity index (χ3n) is 4.61. The number of aromatic nitrogens is 1. The van der Waals surface area contributed by atoms with Gasteiger partial charge in [0.1, 0.15) is 5.76 Å². The van der Waals surface area contributed by atoms with E-state index in [0.29, 0.717) is 18.7 Å². The van der Waals surface area contributed by atoms with E-state index in [1.54, 1.807) is 14.2 Å². The first-order valence-electron chi connectivity index (χ1n) is 7.31. The summed E-state index contributed by atoms with van der Waals surface area (Å²) in [5, 5.41) is 10.7. The minimum atomic E-state index is 0.107. The number of ether oxygens (including phenoxy) is 1. The zero-order valence-electron chi connectivity index (χ0n) is 13.8. The van der Waals surface area contributed by atoms with Gasteiger partial charge in [0.2, 0.25) is 0 Å². The van der Waals surface area contributed by atoms with Crippen molar-refractivity contribution in [3.05, 3.63) is 17.0 Å². The third-order valence-corrected chi connectivity index (χ3v) is 4.61. The minimum absolute atomic E-state index is 0.107. The van der Waals surface area contributed by atoms with Gasteiger partial charge in [-0.2, -0.15) is 0 Å². The number of hydrogen-bond donors (Lipinski definition) is 2. The molecule has 6 heteroatoms. The van der Waals surface area contributed by atoms with Crippen LogP contribution in [0.3, 0.4) is 0 Å². The molecule has 1 heterocycles. The average Bonchev–Trinajstić information content (AvgIpc) is 2.77. The molecule has 2 unspecified atom stereocenters. The van der Waals surface area contributed by atoms with Crippen molar-refractivity contribution < 1.29 is 9.26 Å². The van der Waals surface area contributed by atoms with Crippen LogP contribution in [-0.2, 0) is 11.3 Å². The van der Waals surface area contributed by atoms with E-state index in [1.807, 2.05) is 13.8 Å². The van der Waals surface area contributed by atoms with Gasteiger partial charge < -0.3 is 19.9 Å². The van der Waals surface area contributed by atoms with Crippen LogP contribution in [0.4, 0.5) is 0 Å². The van der Waals surface area contributed by atoms with Crippen molar-refractivity contribution in [2.24, 2.45) is 10.4 Å². The van der Waals surface area contributed by atoms with E-state index in [9.17, 15) is 0 Å². The van der Waals surface area contributed by atoms with E-state index in [1.165, 1.54) is 0 Å². The molecule has 0 radical (unpaired) electrons. The molecule has 1 aliphatic rings. The summed E-state index contributed by atoms with van der Waals surface area (Å²) in [4.78, 5) is 4.29. The quantitative estimate of drug-likeness (QED) is 0.654. The molecule has 1 aromatic heterocycles. The Hall–Kier alpha value is -1.56. The Labute approximate surface area is 126 Å². The number of methoxy groups -OCH3 is 1. The first kappa shape index (κ1) is 15.8. The highest BCUT2D eigenvalue weighted by Gasteiger charge is 2.48. The SMILES string of the molecule is CN=C(NCc1c(C)noc1C)NC1CC(OC)C1(C)C. The molecule has 21 heavy (non-hydrogen) atoms. The van der Waals surface area contributed by atoms with Crippen LogP contribution in [0.5, 0.6) is 0 Å². The highest BCUT2D eigenvalue weighted by molar-refractivity contribution is 5.80. The maximum atomic E-state index is 5.48. The monoisotopic (exact) mass is 294 g/mol. The molecule has 0 spiro atoms. The van der Waals surface area contributed by atoms with Crippen molar-refractivity contribution >= 4 is 5.96 Å². The van der Waals surface area contributed by atoms with Crippen LogP contribution in [0.15, 0.2) is 9.52 Å². The molecule has 0 bridgehead atoms. The van der Waals surface area contributed by atoms with Gasteiger partial charge in [0, 0.05) is 37.7 Å². The van der Waals surface area contributed by atoms with Crippen LogP contribution in [-0.4, -0.2) is 37.4 Å². The second kappa shape index (κ2) is 6.05. The fourth-order valence-electron chi connectivity index (χ4n) is 2.82. The average molecular weight is 294 g/mol. The minimum Gasteiger partial charge on any atom is -0.381 e. The highest BCUT2D eigenvalue weighted by Crippen LogP contribution is 2.42. The molecule has 1 aromatic rings. The molecule has 1 fully saturated rings. The van der Waals surface area contributed by atoms with Crippen molar-refractivity contribution in [2.75, 3.05) is 14.2 Å². The van der Waals surface area contributed by atoms with Crippen LogP contribution < -0.4 is 10.6 Å². The lowest BCUT2D eigenvalue weighted by molar-refractivity contribution is -0.0922. The first-order chi connectivity index (χ1) is 9.90. The number of hydrogen-bond acceptors (Lipinski definition) is 4. The molecule has 0 saturated heterocycles. The largest absolute Gasteiger partial charge is 0.381 e.